The van der Waals surface area contributed by atoms with Crippen molar-refractivity contribution in [1.82, 2.24) is 0 Å². The summed E-state index contributed by atoms with van der Waals surface area (Å²) < 4.78 is 16.7. The van der Waals surface area contributed by atoms with Gasteiger partial charge in [0.1, 0.15) is 13.2 Å². The molecule has 0 amide bonds. The first-order chi connectivity index (χ1) is 29.5. The van der Waals surface area contributed by atoms with E-state index in [-0.39, 0.29) is 37.5 Å². The Morgan fingerprint density at radius 1 is 0.350 bits per heavy atom. The van der Waals surface area contributed by atoms with Crippen molar-refractivity contribution < 1.29 is 28.6 Å². The van der Waals surface area contributed by atoms with Crippen LogP contribution >= 0.6 is 0 Å². The lowest BCUT2D eigenvalue weighted by Gasteiger charge is -2.18. The van der Waals surface area contributed by atoms with Crippen molar-refractivity contribution in [2.75, 3.05) is 13.2 Å². The van der Waals surface area contributed by atoms with Crippen LogP contribution < -0.4 is 0 Å². The smallest absolute Gasteiger partial charge is 0.306 e. The van der Waals surface area contributed by atoms with Crippen LogP contribution in [-0.4, -0.2) is 37.2 Å². The molecule has 1 atom stereocenters. The number of hydrogen-bond acceptors (Lipinski definition) is 6. The molecular weight excluding hydrogens is 745 g/mol. The van der Waals surface area contributed by atoms with E-state index in [9.17, 15) is 14.4 Å². The number of carbonyl (C=O) groups is 3. The van der Waals surface area contributed by atoms with Crippen molar-refractivity contribution in [2.24, 2.45) is 0 Å². The molecule has 0 aliphatic rings. The van der Waals surface area contributed by atoms with Crippen LogP contribution in [0.1, 0.15) is 194 Å². The number of esters is 3. The van der Waals surface area contributed by atoms with E-state index in [1.807, 2.05) is 0 Å². The van der Waals surface area contributed by atoms with Gasteiger partial charge in [0.2, 0.25) is 0 Å². The average Bonchev–Trinajstić information content (AvgIpc) is 3.24. The Kier molecular flexibility index (Phi) is 44.6. The van der Waals surface area contributed by atoms with Gasteiger partial charge in [-0.25, -0.2) is 0 Å². The van der Waals surface area contributed by atoms with E-state index in [4.69, 9.17) is 14.2 Å². The normalized spacial score (nSPS) is 13.1. The second kappa shape index (κ2) is 47.7. The maximum atomic E-state index is 12.7. The quantitative estimate of drug-likeness (QED) is 0.0264. The standard InChI is InChI=1S/C54H86O6/c1-4-7-10-13-16-19-22-24-26-28-30-32-35-38-41-44-47-53(56)59-50-51(49-58-52(55)46-43-40-37-34-21-18-15-12-9-6-3)60-54(57)48-45-42-39-36-33-31-29-27-25-23-20-17-14-11-8-5-2/h7-8,10-11,15-20,24-27,30-33,51H,4-6,9,12-14,21-23,28-29,34-50H2,1-3H3/b10-7-,11-8-,18-15-,19-16-,20-17-,26-24-,27-25-,32-30-,33-31-. The molecule has 0 spiro atoms. The summed E-state index contributed by atoms with van der Waals surface area (Å²) in [5.74, 6) is -0.997. The van der Waals surface area contributed by atoms with Crippen LogP contribution in [-0.2, 0) is 28.6 Å². The first kappa shape index (κ1) is 56.1. The fraction of sp³-hybridized carbons (Fsp3) is 0.611. The maximum absolute atomic E-state index is 12.7. The number of carbonyl (C=O) groups excluding carboxylic acids is 3. The molecule has 0 heterocycles. The van der Waals surface area contributed by atoms with E-state index in [1.165, 1.54) is 12.8 Å². The van der Waals surface area contributed by atoms with Gasteiger partial charge < -0.3 is 14.2 Å². The summed E-state index contributed by atoms with van der Waals surface area (Å²) >= 11 is 0. The van der Waals surface area contributed by atoms with Crippen LogP contribution in [0.25, 0.3) is 0 Å². The molecule has 0 radical (unpaired) electrons. The van der Waals surface area contributed by atoms with Gasteiger partial charge in [-0.05, 0) is 116 Å². The minimum Gasteiger partial charge on any atom is -0.462 e. The number of hydrogen-bond donors (Lipinski definition) is 0. The van der Waals surface area contributed by atoms with Crippen LogP contribution in [0.4, 0.5) is 0 Å². The topological polar surface area (TPSA) is 78.9 Å². The van der Waals surface area contributed by atoms with Gasteiger partial charge >= 0.3 is 17.9 Å². The highest BCUT2D eigenvalue weighted by atomic mass is 16.6. The average molecular weight is 831 g/mol. The minimum atomic E-state index is -0.813. The van der Waals surface area contributed by atoms with Crippen molar-refractivity contribution in [3.8, 4) is 0 Å². The Balaban J connectivity index is 4.52. The van der Waals surface area contributed by atoms with E-state index in [2.05, 4.69) is 130 Å². The zero-order chi connectivity index (χ0) is 43.7. The molecule has 60 heavy (non-hydrogen) atoms. The molecule has 0 bridgehead atoms. The van der Waals surface area contributed by atoms with E-state index < -0.39 is 6.10 Å². The molecule has 0 aromatic rings. The lowest BCUT2D eigenvalue weighted by Crippen LogP contribution is -2.30. The number of rotatable bonds is 41. The van der Waals surface area contributed by atoms with Gasteiger partial charge in [-0.15, -0.1) is 0 Å². The molecule has 0 rings (SSSR count). The molecule has 6 heteroatoms. The van der Waals surface area contributed by atoms with Gasteiger partial charge in [-0.1, -0.05) is 169 Å². The van der Waals surface area contributed by atoms with Gasteiger partial charge in [-0.2, -0.15) is 0 Å². The number of ether oxygens (including phenoxy) is 3. The predicted octanol–water partition coefficient (Wildman–Crippen LogP) is 15.6. The molecule has 0 aromatic heterocycles. The van der Waals surface area contributed by atoms with Gasteiger partial charge in [0, 0.05) is 19.3 Å². The molecule has 0 aliphatic heterocycles. The first-order valence-electron chi connectivity index (χ1n) is 23.9. The van der Waals surface area contributed by atoms with Crippen molar-refractivity contribution in [3.05, 3.63) is 109 Å². The van der Waals surface area contributed by atoms with Crippen molar-refractivity contribution in [2.45, 2.75) is 200 Å². The molecule has 0 N–H and O–H groups in total. The van der Waals surface area contributed by atoms with Crippen LogP contribution in [0.5, 0.6) is 0 Å². The summed E-state index contributed by atoms with van der Waals surface area (Å²) in [4.78, 5) is 37.8. The number of unbranched alkanes of at least 4 members (excludes halogenated alkanes) is 12. The van der Waals surface area contributed by atoms with E-state index in [1.54, 1.807) is 0 Å². The summed E-state index contributed by atoms with van der Waals surface area (Å²) in [6.07, 6.45) is 63.6. The van der Waals surface area contributed by atoms with Crippen LogP contribution in [0.2, 0.25) is 0 Å². The summed E-state index contributed by atoms with van der Waals surface area (Å²) in [6, 6.07) is 0. The summed E-state index contributed by atoms with van der Waals surface area (Å²) in [5.41, 5.74) is 0. The van der Waals surface area contributed by atoms with E-state index in [0.717, 1.165) is 135 Å². The number of allylic oxidation sites excluding steroid dienone is 18. The predicted molar refractivity (Wildman–Crippen MR) is 256 cm³/mol. The SMILES string of the molecule is CC/C=C\C/C=C\C/C=C\C/C=C\CCCCCC(=O)OCC(COC(=O)CCCCCC/C=C\CCCC)OC(=O)CCCCC/C=C\C/C=C\C/C=C\C/C=C\CC. The Labute approximate surface area is 368 Å². The molecule has 6 nitrogen and oxygen atoms in total. The lowest BCUT2D eigenvalue weighted by molar-refractivity contribution is -0.167. The van der Waals surface area contributed by atoms with Crippen LogP contribution in [0.3, 0.4) is 0 Å². The highest BCUT2D eigenvalue weighted by molar-refractivity contribution is 5.71. The first-order valence-corrected chi connectivity index (χ1v) is 23.9. The lowest BCUT2D eigenvalue weighted by atomic mass is 10.1. The highest BCUT2D eigenvalue weighted by Crippen LogP contribution is 2.11. The molecule has 0 saturated carbocycles. The third-order valence-corrected chi connectivity index (χ3v) is 9.49. The molecule has 1 unspecified atom stereocenters. The van der Waals surface area contributed by atoms with Crippen molar-refractivity contribution in [1.29, 1.82) is 0 Å². The Morgan fingerprint density at radius 3 is 1.03 bits per heavy atom. The zero-order valence-corrected chi connectivity index (χ0v) is 38.4. The molecule has 0 aromatic carbocycles. The minimum absolute atomic E-state index is 0.110. The second-order valence-corrected chi connectivity index (χ2v) is 15.2. The molecule has 338 valence electrons. The summed E-state index contributed by atoms with van der Waals surface area (Å²) in [6.45, 7) is 6.27. The Hall–Kier alpha value is -3.93. The zero-order valence-electron chi connectivity index (χ0n) is 38.4. The monoisotopic (exact) mass is 831 g/mol. The Morgan fingerprint density at radius 2 is 0.650 bits per heavy atom. The Bertz CT molecular complexity index is 1280. The van der Waals surface area contributed by atoms with Gasteiger partial charge in [0.15, 0.2) is 6.10 Å². The van der Waals surface area contributed by atoms with Gasteiger partial charge in [0.05, 0.1) is 0 Å². The molecule has 0 aliphatic carbocycles. The molecule has 0 fully saturated rings. The van der Waals surface area contributed by atoms with Crippen molar-refractivity contribution >= 4 is 17.9 Å². The van der Waals surface area contributed by atoms with Gasteiger partial charge in [-0.3, -0.25) is 14.4 Å². The fourth-order valence-corrected chi connectivity index (χ4v) is 5.93. The third-order valence-electron chi connectivity index (χ3n) is 9.49. The van der Waals surface area contributed by atoms with E-state index >= 15 is 0 Å². The van der Waals surface area contributed by atoms with Crippen molar-refractivity contribution in [3.63, 3.8) is 0 Å². The maximum Gasteiger partial charge on any atom is 0.306 e. The van der Waals surface area contributed by atoms with Gasteiger partial charge in [0.25, 0.3) is 0 Å². The highest BCUT2D eigenvalue weighted by Gasteiger charge is 2.19. The van der Waals surface area contributed by atoms with E-state index in [0.29, 0.717) is 19.3 Å². The third kappa shape index (κ3) is 45.2. The molecular formula is C54H86O6. The summed E-state index contributed by atoms with van der Waals surface area (Å²) in [5, 5.41) is 0. The van der Waals surface area contributed by atoms with Crippen LogP contribution in [0, 0.1) is 0 Å². The largest absolute Gasteiger partial charge is 0.462 e. The fourth-order valence-electron chi connectivity index (χ4n) is 5.93. The molecule has 0 saturated heterocycles. The van der Waals surface area contributed by atoms with Crippen LogP contribution in [0.15, 0.2) is 109 Å². The summed E-state index contributed by atoms with van der Waals surface area (Å²) in [7, 11) is 0. The second-order valence-electron chi connectivity index (χ2n) is 15.2.